The first-order chi connectivity index (χ1) is 7.83. The van der Waals surface area contributed by atoms with Crippen LogP contribution >= 0.6 is 0 Å². The average Bonchev–Trinajstić information content (AvgIpc) is 2.33. The van der Waals surface area contributed by atoms with E-state index in [4.69, 9.17) is 0 Å². The molecule has 0 nitrogen and oxygen atoms in total. The Morgan fingerprint density at radius 1 is 0.750 bits per heavy atom. The van der Waals surface area contributed by atoms with Crippen LogP contribution in [-0.2, 0) is 0 Å². The summed E-state index contributed by atoms with van der Waals surface area (Å²) in [6.07, 6.45) is 4.12. The molecule has 0 N–H and O–H groups in total. The van der Waals surface area contributed by atoms with Gasteiger partial charge in [0.1, 0.15) is 0 Å². The van der Waals surface area contributed by atoms with Crippen LogP contribution in [0.5, 0.6) is 0 Å². The maximum Gasteiger partial charge on any atom is -0.0260 e. The summed E-state index contributed by atoms with van der Waals surface area (Å²) in [5.74, 6) is 0. The van der Waals surface area contributed by atoms with Crippen LogP contribution in [0.3, 0.4) is 0 Å². The summed E-state index contributed by atoms with van der Waals surface area (Å²) in [4.78, 5) is 0. The first kappa shape index (κ1) is 12.3. The zero-order valence-electron chi connectivity index (χ0n) is 9.93. The Labute approximate surface area is 98.3 Å². The van der Waals surface area contributed by atoms with Crippen LogP contribution in [-0.4, -0.2) is 0 Å². The second-order valence-corrected chi connectivity index (χ2v) is 3.57. The molecule has 2 aromatic carbocycles. The summed E-state index contributed by atoms with van der Waals surface area (Å²) in [5, 5.41) is 0. The third-order valence-electron chi connectivity index (χ3n) is 2.10. The van der Waals surface area contributed by atoms with Crippen molar-refractivity contribution in [1.29, 1.82) is 0 Å². The minimum absolute atomic E-state index is 1.26. The zero-order valence-corrected chi connectivity index (χ0v) is 9.93. The SMILES string of the molecule is C/C=C/c1ccccc1.Cc1ccccc1. The Morgan fingerprint density at radius 2 is 1.25 bits per heavy atom. The van der Waals surface area contributed by atoms with Gasteiger partial charge in [-0.2, -0.15) is 0 Å². The lowest BCUT2D eigenvalue weighted by Gasteiger charge is -1.86. The molecule has 0 aromatic heterocycles. The summed E-state index contributed by atoms with van der Waals surface area (Å²) < 4.78 is 0. The van der Waals surface area contributed by atoms with Crippen LogP contribution in [0.1, 0.15) is 18.1 Å². The molecule has 0 radical (unpaired) electrons. The summed E-state index contributed by atoms with van der Waals surface area (Å²) in [5.41, 5.74) is 2.59. The number of benzene rings is 2. The fraction of sp³-hybridized carbons (Fsp3) is 0.125. The van der Waals surface area contributed by atoms with Gasteiger partial charge in [-0.1, -0.05) is 78.4 Å². The maximum absolute atomic E-state index is 2.08. The molecule has 0 aliphatic carbocycles. The molecule has 0 saturated carbocycles. The molecular formula is C16H18. The lowest BCUT2D eigenvalue weighted by Crippen LogP contribution is -1.65. The van der Waals surface area contributed by atoms with Gasteiger partial charge in [-0.15, -0.1) is 0 Å². The van der Waals surface area contributed by atoms with Crippen LogP contribution in [0, 0.1) is 6.92 Å². The van der Waals surface area contributed by atoms with Gasteiger partial charge in [0.05, 0.1) is 0 Å². The van der Waals surface area contributed by atoms with E-state index in [2.05, 4.69) is 37.3 Å². The molecule has 0 amide bonds. The van der Waals surface area contributed by atoms with Gasteiger partial charge in [-0.3, -0.25) is 0 Å². The molecule has 0 spiro atoms. The van der Waals surface area contributed by atoms with Crippen molar-refractivity contribution in [1.82, 2.24) is 0 Å². The Morgan fingerprint density at radius 3 is 1.62 bits per heavy atom. The van der Waals surface area contributed by atoms with E-state index in [0.29, 0.717) is 0 Å². The van der Waals surface area contributed by atoms with Gasteiger partial charge in [0.15, 0.2) is 0 Å². The van der Waals surface area contributed by atoms with Crippen LogP contribution < -0.4 is 0 Å². The van der Waals surface area contributed by atoms with Crippen molar-refractivity contribution in [2.75, 3.05) is 0 Å². The highest BCUT2D eigenvalue weighted by molar-refractivity contribution is 5.47. The normalized spacial score (nSPS) is 9.62. The molecule has 0 heteroatoms. The quantitative estimate of drug-likeness (QED) is 0.639. The number of hydrogen-bond acceptors (Lipinski definition) is 0. The van der Waals surface area contributed by atoms with E-state index < -0.39 is 0 Å². The third kappa shape index (κ3) is 5.16. The summed E-state index contributed by atoms with van der Waals surface area (Å²) in [6, 6.07) is 20.5. The monoisotopic (exact) mass is 210 g/mol. The predicted molar refractivity (Wildman–Crippen MR) is 72.3 cm³/mol. The van der Waals surface area contributed by atoms with E-state index in [1.54, 1.807) is 0 Å². The van der Waals surface area contributed by atoms with E-state index >= 15 is 0 Å². The summed E-state index contributed by atoms with van der Waals surface area (Å²) >= 11 is 0. The number of allylic oxidation sites excluding steroid dienone is 1. The number of rotatable bonds is 1. The Kier molecular flexibility index (Phi) is 5.72. The van der Waals surface area contributed by atoms with Crippen LogP contribution in [0.2, 0.25) is 0 Å². The lowest BCUT2D eigenvalue weighted by atomic mass is 10.2. The Balaban J connectivity index is 0.000000165. The van der Waals surface area contributed by atoms with Gasteiger partial charge in [0, 0.05) is 0 Å². The van der Waals surface area contributed by atoms with Crippen molar-refractivity contribution in [2.45, 2.75) is 13.8 Å². The molecule has 0 aliphatic heterocycles. The van der Waals surface area contributed by atoms with Gasteiger partial charge in [0.25, 0.3) is 0 Å². The fourth-order valence-electron chi connectivity index (χ4n) is 1.29. The second-order valence-electron chi connectivity index (χ2n) is 3.57. The number of aryl methyl sites for hydroxylation is 1. The molecular weight excluding hydrogens is 192 g/mol. The topological polar surface area (TPSA) is 0 Å². The lowest BCUT2D eigenvalue weighted by molar-refractivity contribution is 1.48. The largest absolute Gasteiger partial charge is 0.0871 e. The minimum Gasteiger partial charge on any atom is -0.0871 e. The summed E-state index contributed by atoms with van der Waals surface area (Å²) in [6.45, 7) is 4.10. The van der Waals surface area contributed by atoms with Crippen molar-refractivity contribution in [3.8, 4) is 0 Å². The highest BCUT2D eigenvalue weighted by Gasteiger charge is 1.77. The van der Waals surface area contributed by atoms with E-state index in [-0.39, 0.29) is 0 Å². The second kappa shape index (κ2) is 7.47. The van der Waals surface area contributed by atoms with E-state index in [1.165, 1.54) is 11.1 Å². The fourth-order valence-corrected chi connectivity index (χ4v) is 1.29. The zero-order chi connectivity index (χ0) is 11.6. The summed E-state index contributed by atoms with van der Waals surface area (Å²) in [7, 11) is 0. The predicted octanol–water partition coefficient (Wildman–Crippen LogP) is 4.71. The molecule has 0 aliphatic rings. The van der Waals surface area contributed by atoms with Crippen molar-refractivity contribution < 1.29 is 0 Å². The van der Waals surface area contributed by atoms with E-state index in [0.717, 1.165) is 0 Å². The molecule has 0 bridgehead atoms. The van der Waals surface area contributed by atoms with Gasteiger partial charge in [-0.25, -0.2) is 0 Å². The van der Waals surface area contributed by atoms with Crippen LogP contribution in [0.4, 0.5) is 0 Å². The smallest absolute Gasteiger partial charge is 0.0260 e. The van der Waals surface area contributed by atoms with Gasteiger partial charge >= 0.3 is 0 Å². The van der Waals surface area contributed by atoms with Crippen molar-refractivity contribution in [2.24, 2.45) is 0 Å². The minimum atomic E-state index is 1.26. The standard InChI is InChI=1S/C9H10.C7H8/c1-2-6-9-7-4-3-5-8-9;1-7-5-3-2-4-6-7/h2-8H,1H3;2-6H,1H3/b6-2+;. The molecule has 0 saturated heterocycles. The molecule has 2 rings (SSSR count). The molecule has 0 fully saturated rings. The first-order valence-corrected chi connectivity index (χ1v) is 5.52. The van der Waals surface area contributed by atoms with Crippen LogP contribution in [0.25, 0.3) is 6.08 Å². The average molecular weight is 210 g/mol. The Hall–Kier alpha value is -1.82. The Bertz CT molecular complexity index is 399. The first-order valence-electron chi connectivity index (χ1n) is 5.52. The van der Waals surface area contributed by atoms with Gasteiger partial charge in [-0.05, 0) is 19.4 Å². The molecule has 0 unspecified atom stereocenters. The highest BCUT2D eigenvalue weighted by atomic mass is 13.8. The van der Waals surface area contributed by atoms with Crippen molar-refractivity contribution in [3.05, 3.63) is 77.9 Å². The van der Waals surface area contributed by atoms with Crippen molar-refractivity contribution >= 4 is 6.08 Å². The maximum atomic E-state index is 2.08. The molecule has 0 atom stereocenters. The van der Waals surface area contributed by atoms with Crippen molar-refractivity contribution in [3.63, 3.8) is 0 Å². The molecule has 2 aromatic rings. The van der Waals surface area contributed by atoms with E-state index in [1.807, 2.05) is 49.4 Å². The number of hydrogen-bond donors (Lipinski definition) is 0. The van der Waals surface area contributed by atoms with Gasteiger partial charge < -0.3 is 0 Å². The third-order valence-corrected chi connectivity index (χ3v) is 2.10. The van der Waals surface area contributed by atoms with Crippen LogP contribution in [0.15, 0.2) is 66.7 Å². The molecule has 0 heterocycles. The highest BCUT2D eigenvalue weighted by Crippen LogP contribution is 1.99. The molecule has 82 valence electrons. The van der Waals surface area contributed by atoms with Gasteiger partial charge in [0.2, 0.25) is 0 Å². The molecule has 16 heavy (non-hydrogen) atoms. The van der Waals surface area contributed by atoms with E-state index in [9.17, 15) is 0 Å².